The summed E-state index contributed by atoms with van der Waals surface area (Å²) in [5.74, 6) is 0.167. The van der Waals surface area contributed by atoms with Gasteiger partial charge >= 0.3 is 0 Å². The first kappa shape index (κ1) is 19.3. The average Bonchev–Trinajstić information content (AvgIpc) is 2.99. The number of rotatable bonds is 6. The summed E-state index contributed by atoms with van der Waals surface area (Å²) >= 11 is 0. The maximum atomic E-state index is 11.5. The van der Waals surface area contributed by atoms with E-state index in [2.05, 4.69) is 17.3 Å². The highest BCUT2D eigenvalue weighted by atomic mass is 35.5. The van der Waals surface area contributed by atoms with Crippen molar-refractivity contribution in [3.63, 3.8) is 0 Å². The fraction of sp³-hybridized carbons (Fsp3) is 0.909. The zero-order valence-electron chi connectivity index (χ0n) is 10.8. The Balaban J connectivity index is 0. The highest BCUT2D eigenvalue weighted by Gasteiger charge is 2.25. The summed E-state index contributed by atoms with van der Waals surface area (Å²) < 4.78 is 0. The molecule has 1 aliphatic rings. The molecule has 0 radical (unpaired) electrons. The lowest BCUT2D eigenvalue weighted by Crippen LogP contribution is -2.46. The minimum absolute atomic E-state index is 0. The molecule has 0 saturated heterocycles. The van der Waals surface area contributed by atoms with Crippen LogP contribution >= 0.6 is 24.8 Å². The van der Waals surface area contributed by atoms with Gasteiger partial charge in [-0.25, -0.2) is 0 Å². The Hall–Kier alpha value is -0.0300. The van der Waals surface area contributed by atoms with Gasteiger partial charge in [0.25, 0.3) is 0 Å². The highest BCUT2D eigenvalue weighted by Crippen LogP contribution is 2.24. The number of nitrogens with zero attached hydrogens (tertiary/aromatic N) is 1. The first-order valence-corrected chi connectivity index (χ1v) is 5.76. The molecular weight excluding hydrogens is 261 g/mol. The van der Waals surface area contributed by atoms with Crippen molar-refractivity contribution in [1.82, 2.24) is 10.2 Å². The maximum absolute atomic E-state index is 11.5. The Morgan fingerprint density at radius 1 is 1.41 bits per heavy atom. The summed E-state index contributed by atoms with van der Waals surface area (Å²) in [6.07, 6.45) is 2.60. The summed E-state index contributed by atoms with van der Waals surface area (Å²) in [5, 5.41) is 2.87. The van der Waals surface area contributed by atoms with Gasteiger partial charge in [0.15, 0.2) is 0 Å². The van der Waals surface area contributed by atoms with Gasteiger partial charge < -0.3 is 16.0 Å². The van der Waals surface area contributed by atoms with E-state index in [1.54, 1.807) is 0 Å². The van der Waals surface area contributed by atoms with Crippen LogP contribution in [0.15, 0.2) is 0 Å². The number of hydrogen-bond acceptors (Lipinski definition) is 3. The predicted octanol–water partition coefficient (Wildman–Crippen LogP) is 1.02. The minimum atomic E-state index is -0.378. The molecule has 0 aromatic heterocycles. The lowest BCUT2D eigenvalue weighted by atomic mass is 10.1. The summed E-state index contributed by atoms with van der Waals surface area (Å²) in [6.45, 7) is 5.54. The molecule has 1 amide bonds. The molecule has 0 aliphatic heterocycles. The Labute approximate surface area is 117 Å². The number of carbonyl (C=O) groups excluding carboxylic acids is 1. The van der Waals surface area contributed by atoms with Crippen LogP contribution < -0.4 is 11.1 Å². The number of likely N-dealkylation sites (N-methyl/N-ethyl adjacent to an activating group) is 1. The molecule has 1 fully saturated rings. The number of hydrogen-bond donors (Lipinski definition) is 2. The van der Waals surface area contributed by atoms with E-state index in [-0.39, 0.29) is 42.7 Å². The lowest BCUT2D eigenvalue weighted by molar-refractivity contribution is -0.123. The van der Waals surface area contributed by atoms with Crippen LogP contribution in [-0.4, -0.2) is 43.0 Å². The second-order valence-corrected chi connectivity index (χ2v) is 4.77. The number of nitrogens with two attached hydrogens (primary N) is 1. The van der Waals surface area contributed by atoms with Crippen molar-refractivity contribution in [2.24, 2.45) is 11.7 Å². The quantitative estimate of drug-likeness (QED) is 0.766. The van der Waals surface area contributed by atoms with Crippen LogP contribution in [0.25, 0.3) is 0 Å². The first-order chi connectivity index (χ1) is 7.02. The largest absolute Gasteiger partial charge is 0.353 e. The Bertz CT molecular complexity index is 223. The molecule has 1 rings (SSSR count). The fourth-order valence-corrected chi connectivity index (χ4v) is 1.47. The van der Waals surface area contributed by atoms with Crippen molar-refractivity contribution < 1.29 is 4.79 Å². The molecule has 1 aliphatic carbocycles. The smallest absolute Gasteiger partial charge is 0.237 e. The van der Waals surface area contributed by atoms with E-state index in [0.717, 1.165) is 12.6 Å². The van der Waals surface area contributed by atoms with Gasteiger partial charge in [-0.15, -0.1) is 24.8 Å². The van der Waals surface area contributed by atoms with E-state index >= 15 is 0 Å². The predicted molar refractivity (Wildman–Crippen MR) is 76.0 cm³/mol. The fourth-order valence-electron chi connectivity index (χ4n) is 1.47. The van der Waals surface area contributed by atoms with Crippen LogP contribution in [0.5, 0.6) is 0 Å². The molecule has 0 aromatic carbocycles. The van der Waals surface area contributed by atoms with Crippen molar-refractivity contribution in [2.45, 2.75) is 38.8 Å². The number of amides is 1. The molecule has 17 heavy (non-hydrogen) atoms. The number of carbonyl (C=O) groups is 1. The van der Waals surface area contributed by atoms with Crippen LogP contribution in [0.4, 0.5) is 0 Å². The summed E-state index contributed by atoms with van der Waals surface area (Å²) in [7, 11) is 2.10. The molecule has 3 N–H and O–H groups in total. The number of halogens is 2. The van der Waals surface area contributed by atoms with E-state index in [1.807, 2.05) is 13.8 Å². The molecule has 0 bridgehead atoms. The van der Waals surface area contributed by atoms with Crippen LogP contribution in [0.3, 0.4) is 0 Å². The molecule has 1 atom stereocenters. The average molecular weight is 286 g/mol. The lowest BCUT2D eigenvalue weighted by Gasteiger charge is -2.18. The summed E-state index contributed by atoms with van der Waals surface area (Å²) in [6, 6.07) is 0.372. The Kier molecular flexibility index (Phi) is 10.2. The molecule has 0 unspecified atom stereocenters. The van der Waals surface area contributed by atoms with Crippen molar-refractivity contribution in [1.29, 1.82) is 0 Å². The highest BCUT2D eigenvalue weighted by molar-refractivity contribution is 5.85. The third-order valence-corrected chi connectivity index (χ3v) is 2.95. The van der Waals surface area contributed by atoms with E-state index in [9.17, 15) is 4.79 Å². The van der Waals surface area contributed by atoms with Crippen molar-refractivity contribution in [2.75, 3.05) is 20.1 Å². The topological polar surface area (TPSA) is 58.4 Å². The molecule has 0 aromatic rings. The first-order valence-electron chi connectivity index (χ1n) is 5.76. The third kappa shape index (κ3) is 7.09. The van der Waals surface area contributed by atoms with E-state index in [1.165, 1.54) is 12.8 Å². The van der Waals surface area contributed by atoms with Gasteiger partial charge in [0.1, 0.15) is 0 Å². The number of nitrogens with one attached hydrogen (secondary N) is 1. The standard InChI is InChI=1S/C11H23N3O.2ClH/c1-8(2)10(12)11(15)13-6-7-14(3)9-4-5-9;;/h8-10H,4-7,12H2,1-3H3,(H,13,15);2*1H/t10-;;/m0../s1. The van der Waals surface area contributed by atoms with Crippen molar-refractivity contribution in [3.05, 3.63) is 0 Å². The molecule has 4 nitrogen and oxygen atoms in total. The van der Waals surface area contributed by atoms with Crippen LogP contribution in [0.2, 0.25) is 0 Å². The summed E-state index contributed by atoms with van der Waals surface area (Å²) in [5.41, 5.74) is 5.72. The molecule has 1 saturated carbocycles. The van der Waals surface area contributed by atoms with Crippen molar-refractivity contribution >= 4 is 30.7 Å². The Morgan fingerprint density at radius 3 is 2.35 bits per heavy atom. The zero-order chi connectivity index (χ0) is 11.4. The normalized spacial score (nSPS) is 16.1. The van der Waals surface area contributed by atoms with Gasteiger partial charge in [0.05, 0.1) is 6.04 Å². The molecule has 104 valence electrons. The molecule has 0 spiro atoms. The van der Waals surface area contributed by atoms with Gasteiger partial charge in [0, 0.05) is 19.1 Å². The third-order valence-electron chi connectivity index (χ3n) is 2.95. The molecular formula is C11H25Cl2N3O. The van der Waals surface area contributed by atoms with E-state index in [4.69, 9.17) is 5.73 Å². The molecule has 6 heteroatoms. The van der Waals surface area contributed by atoms with Crippen LogP contribution in [0, 0.1) is 5.92 Å². The second-order valence-electron chi connectivity index (χ2n) is 4.77. The van der Waals surface area contributed by atoms with Gasteiger partial charge in [-0.1, -0.05) is 13.8 Å². The van der Waals surface area contributed by atoms with Crippen LogP contribution in [-0.2, 0) is 4.79 Å². The van der Waals surface area contributed by atoms with Gasteiger partial charge in [-0.3, -0.25) is 4.79 Å². The van der Waals surface area contributed by atoms with Gasteiger partial charge in [-0.05, 0) is 25.8 Å². The van der Waals surface area contributed by atoms with Crippen molar-refractivity contribution in [3.8, 4) is 0 Å². The molecule has 0 heterocycles. The zero-order valence-corrected chi connectivity index (χ0v) is 12.4. The van der Waals surface area contributed by atoms with Crippen LogP contribution in [0.1, 0.15) is 26.7 Å². The van der Waals surface area contributed by atoms with Gasteiger partial charge in [0.2, 0.25) is 5.91 Å². The minimum Gasteiger partial charge on any atom is -0.353 e. The monoisotopic (exact) mass is 285 g/mol. The second kappa shape index (κ2) is 8.97. The SMILES string of the molecule is CC(C)[C@H](N)C(=O)NCCN(C)C1CC1.Cl.Cl. The van der Waals surface area contributed by atoms with Gasteiger partial charge in [-0.2, -0.15) is 0 Å². The van der Waals surface area contributed by atoms with E-state index < -0.39 is 0 Å². The van der Waals surface area contributed by atoms with E-state index in [0.29, 0.717) is 6.54 Å². The maximum Gasteiger partial charge on any atom is 0.237 e. The Morgan fingerprint density at radius 2 is 1.94 bits per heavy atom. The summed E-state index contributed by atoms with van der Waals surface area (Å²) in [4.78, 5) is 13.8.